The third kappa shape index (κ3) is 2.15. The Kier molecular flexibility index (Phi) is 2.96. The van der Waals surface area contributed by atoms with Crippen molar-refractivity contribution in [2.24, 2.45) is 0 Å². The molecule has 1 heterocycles. The molecular weight excluding hydrogens is 184 g/mol. The van der Waals surface area contributed by atoms with Crippen LogP contribution in [0.2, 0.25) is 0 Å². The average Bonchev–Trinajstić information content (AvgIpc) is 2.69. The highest BCUT2D eigenvalue weighted by Gasteiger charge is 2.19. The van der Waals surface area contributed by atoms with Gasteiger partial charge in [-0.05, 0) is 37.9 Å². The molecule has 0 saturated carbocycles. The molecule has 2 heteroatoms. The zero-order chi connectivity index (χ0) is 10.8. The molecule has 1 N–H and O–H groups in total. The largest absolute Gasteiger partial charge is 0.377 e. The fraction of sp³-hybridized carbons (Fsp3) is 0.538. The molecule has 1 aliphatic heterocycles. The van der Waals surface area contributed by atoms with Crippen LogP contribution in [0.5, 0.6) is 0 Å². The first-order chi connectivity index (χ1) is 7.18. The van der Waals surface area contributed by atoms with E-state index in [9.17, 15) is 0 Å². The maximum absolute atomic E-state index is 3.57. The van der Waals surface area contributed by atoms with Crippen LogP contribution in [0.25, 0.3) is 0 Å². The number of nitrogens with one attached hydrogen (secondary N) is 1. The minimum absolute atomic E-state index is 0.558. The van der Waals surface area contributed by atoms with Crippen LogP contribution in [0.1, 0.15) is 30.0 Å². The molecule has 15 heavy (non-hydrogen) atoms. The Morgan fingerprint density at radius 2 is 2.13 bits per heavy atom. The van der Waals surface area contributed by atoms with E-state index < -0.39 is 0 Å². The van der Waals surface area contributed by atoms with E-state index in [1.165, 1.54) is 29.7 Å². The van der Waals surface area contributed by atoms with Crippen molar-refractivity contribution in [2.75, 3.05) is 25.5 Å². The van der Waals surface area contributed by atoms with Crippen LogP contribution in [0, 0.1) is 6.92 Å². The molecule has 0 spiro atoms. The molecule has 0 aromatic heterocycles. The van der Waals surface area contributed by atoms with Crippen molar-refractivity contribution in [1.29, 1.82) is 0 Å². The lowest BCUT2D eigenvalue weighted by Crippen LogP contribution is -2.18. The maximum atomic E-state index is 3.57. The smallest absolute Gasteiger partial charge is 0.0409 e. The zero-order valence-electron chi connectivity index (χ0n) is 9.88. The van der Waals surface area contributed by atoms with Crippen LogP contribution in [-0.4, -0.2) is 20.6 Å². The van der Waals surface area contributed by atoms with Gasteiger partial charge in [0.15, 0.2) is 0 Å². The monoisotopic (exact) mass is 204 g/mol. The van der Waals surface area contributed by atoms with Crippen LogP contribution < -0.4 is 10.2 Å². The van der Waals surface area contributed by atoms with Gasteiger partial charge in [-0.2, -0.15) is 0 Å². The number of rotatable bonds is 2. The lowest BCUT2D eigenvalue weighted by atomic mass is 10.0. The van der Waals surface area contributed by atoms with E-state index in [1.54, 1.807) is 0 Å². The topological polar surface area (TPSA) is 15.3 Å². The summed E-state index contributed by atoms with van der Waals surface area (Å²) in [6.45, 7) is 3.32. The fourth-order valence-corrected chi connectivity index (χ4v) is 2.31. The van der Waals surface area contributed by atoms with Crippen molar-refractivity contribution in [3.05, 3.63) is 29.3 Å². The number of hydrogen-bond acceptors (Lipinski definition) is 2. The third-order valence-corrected chi connectivity index (χ3v) is 3.10. The first-order valence-electron chi connectivity index (χ1n) is 5.70. The Bertz CT molecular complexity index is 338. The predicted octanol–water partition coefficient (Wildman–Crippen LogP) is 2.49. The molecule has 1 unspecified atom stereocenters. The number of anilines is 1. The van der Waals surface area contributed by atoms with E-state index in [0.717, 1.165) is 6.54 Å². The van der Waals surface area contributed by atoms with Crippen molar-refractivity contribution in [3.8, 4) is 0 Å². The molecule has 2 rings (SSSR count). The number of hydrogen-bond donors (Lipinski definition) is 1. The highest BCUT2D eigenvalue weighted by molar-refractivity contribution is 5.55. The van der Waals surface area contributed by atoms with Gasteiger partial charge in [0.25, 0.3) is 0 Å². The second kappa shape index (κ2) is 4.23. The van der Waals surface area contributed by atoms with Gasteiger partial charge in [-0.1, -0.05) is 17.7 Å². The third-order valence-electron chi connectivity index (χ3n) is 3.10. The average molecular weight is 204 g/mol. The summed E-state index contributed by atoms with van der Waals surface area (Å²) in [4.78, 5) is 2.20. The Labute approximate surface area is 92.3 Å². The summed E-state index contributed by atoms with van der Waals surface area (Å²) in [5.41, 5.74) is 4.15. The molecule has 0 amide bonds. The van der Waals surface area contributed by atoms with E-state index in [0.29, 0.717) is 6.04 Å². The van der Waals surface area contributed by atoms with E-state index in [-0.39, 0.29) is 0 Å². The minimum Gasteiger partial charge on any atom is -0.377 e. The molecule has 1 fully saturated rings. The molecular formula is C13H20N2. The minimum atomic E-state index is 0.558. The summed E-state index contributed by atoms with van der Waals surface area (Å²) >= 11 is 0. The van der Waals surface area contributed by atoms with Crippen LogP contribution in [0.4, 0.5) is 5.69 Å². The first-order valence-corrected chi connectivity index (χ1v) is 5.70. The summed E-state index contributed by atoms with van der Waals surface area (Å²) in [6, 6.07) is 7.29. The predicted molar refractivity (Wildman–Crippen MR) is 65.5 cm³/mol. The Morgan fingerprint density at radius 1 is 1.33 bits per heavy atom. The summed E-state index contributed by atoms with van der Waals surface area (Å²) in [6.07, 6.45) is 2.57. The van der Waals surface area contributed by atoms with E-state index in [2.05, 4.69) is 49.4 Å². The quantitative estimate of drug-likeness (QED) is 0.796. The van der Waals surface area contributed by atoms with Gasteiger partial charge in [-0.15, -0.1) is 0 Å². The van der Waals surface area contributed by atoms with Crippen molar-refractivity contribution in [2.45, 2.75) is 25.8 Å². The molecule has 1 atom stereocenters. The first kappa shape index (κ1) is 10.5. The zero-order valence-corrected chi connectivity index (χ0v) is 9.88. The van der Waals surface area contributed by atoms with Gasteiger partial charge in [0.2, 0.25) is 0 Å². The van der Waals surface area contributed by atoms with Gasteiger partial charge in [-0.25, -0.2) is 0 Å². The van der Waals surface area contributed by atoms with Crippen molar-refractivity contribution >= 4 is 5.69 Å². The lowest BCUT2D eigenvalue weighted by Gasteiger charge is -2.22. The summed E-state index contributed by atoms with van der Waals surface area (Å²) in [5.74, 6) is 0. The Morgan fingerprint density at radius 3 is 2.73 bits per heavy atom. The molecule has 82 valence electrons. The van der Waals surface area contributed by atoms with E-state index >= 15 is 0 Å². The highest BCUT2D eigenvalue weighted by Crippen LogP contribution is 2.31. The van der Waals surface area contributed by atoms with Crippen molar-refractivity contribution in [1.82, 2.24) is 5.32 Å². The molecule has 1 aromatic rings. The van der Waals surface area contributed by atoms with Gasteiger partial charge >= 0.3 is 0 Å². The molecule has 2 nitrogen and oxygen atoms in total. The van der Waals surface area contributed by atoms with Gasteiger partial charge in [0, 0.05) is 25.8 Å². The number of benzene rings is 1. The summed E-state index contributed by atoms with van der Waals surface area (Å²) in [5, 5.41) is 3.57. The van der Waals surface area contributed by atoms with Gasteiger partial charge in [0.05, 0.1) is 0 Å². The molecule has 1 aromatic carbocycles. The summed E-state index contributed by atoms with van der Waals surface area (Å²) < 4.78 is 0. The Hall–Kier alpha value is -1.02. The van der Waals surface area contributed by atoms with Crippen LogP contribution >= 0.6 is 0 Å². The number of nitrogens with zero attached hydrogens (tertiary/aromatic N) is 1. The number of aryl methyl sites for hydroxylation is 1. The molecule has 0 radical (unpaired) electrons. The highest BCUT2D eigenvalue weighted by atomic mass is 15.1. The maximum Gasteiger partial charge on any atom is 0.0409 e. The SMILES string of the molecule is Cc1ccc(N(C)C)c(C2CCCN2)c1. The van der Waals surface area contributed by atoms with Crippen LogP contribution in [0.3, 0.4) is 0 Å². The van der Waals surface area contributed by atoms with Gasteiger partial charge in [-0.3, -0.25) is 0 Å². The van der Waals surface area contributed by atoms with Crippen LogP contribution in [-0.2, 0) is 0 Å². The normalized spacial score (nSPS) is 20.6. The second-order valence-corrected chi connectivity index (χ2v) is 4.61. The second-order valence-electron chi connectivity index (χ2n) is 4.61. The van der Waals surface area contributed by atoms with E-state index in [4.69, 9.17) is 0 Å². The van der Waals surface area contributed by atoms with Gasteiger partial charge < -0.3 is 10.2 Å². The van der Waals surface area contributed by atoms with Gasteiger partial charge in [0.1, 0.15) is 0 Å². The fourth-order valence-electron chi connectivity index (χ4n) is 2.31. The van der Waals surface area contributed by atoms with Crippen molar-refractivity contribution < 1.29 is 0 Å². The Balaban J connectivity index is 2.37. The molecule has 0 aliphatic carbocycles. The summed E-state index contributed by atoms with van der Waals surface area (Å²) in [7, 11) is 4.23. The van der Waals surface area contributed by atoms with Crippen molar-refractivity contribution in [3.63, 3.8) is 0 Å². The van der Waals surface area contributed by atoms with Crippen LogP contribution in [0.15, 0.2) is 18.2 Å². The van der Waals surface area contributed by atoms with E-state index in [1.807, 2.05) is 0 Å². The standard InChI is InChI=1S/C13H20N2/c1-10-6-7-13(15(2)3)11(9-10)12-5-4-8-14-12/h6-7,9,12,14H,4-5,8H2,1-3H3. The lowest BCUT2D eigenvalue weighted by molar-refractivity contribution is 0.646. The molecule has 1 saturated heterocycles. The molecule has 1 aliphatic rings. The molecule has 0 bridgehead atoms.